The SMILES string of the molecule is COc1ccc(C(O)C2CCCC(C)C2)cc1OC(F)F. The molecule has 0 amide bonds. The van der Waals surface area contributed by atoms with Crippen LogP contribution in [0.3, 0.4) is 0 Å². The molecule has 0 radical (unpaired) electrons. The van der Waals surface area contributed by atoms with Gasteiger partial charge in [-0.3, -0.25) is 0 Å². The van der Waals surface area contributed by atoms with Crippen LogP contribution < -0.4 is 9.47 Å². The van der Waals surface area contributed by atoms with E-state index in [-0.39, 0.29) is 17.4 Å². The number of aliphatic hydroxyl groups excluding tert-OH is 1. The molecular formula is C16H22F2O3. The summed E-state index contributed by atoms with van der Waals surface area (Å²) in [5, 5.41) is 10.5. The molecule has 3 atom stereocenters. The molecule has 5 heteroatoms. The van der Waals surface area contributed by atoms with Crippen LogP contribution in [0.25, 0.3) is 0 Å². The van der Waals surface area contributed by atoms with Crippen LogP contribution in [0.5, 0.6) is 11.5 Å². The molecule has 0 bridgehead atoms. The zero-order valence-corrected chi connectivity index (χ0v) is 12.4. The van der Waals surface area contributed by atoms with Crippen LogP contribution in [0.15, 0.2) is 18.2 Å². The standard InChI is InChI=1S/C16H22F2O3/c1-10-4-3-5-11(8-10)15(19)12-6-7-13(20-2)14(9-12)21-16(17)18/h6-7,9-11,15-16,19H,3-5,8H2,1-2H3. The Labute approximate surface area is 123 Å². The van der Waals surface area contributed by atoms with Crippen molar-refractivity contribution in [2.45, 2.75) is 45.3 Å². The first-order chi connectivity index (χ1) is 10.0. The van der Waals surface area contributed by atoms with Gasteiger partial charge in [-0.2, -0.15) is 8.78 Å². The molecule has 0 saturated heterocycles. The topological polar surface area (TPSA) is 38.7 Å². The summed E-state index contributed by atoms with van der Waals surface area (Å²) in [6, 6.07) is 4.72. The van der Waals surface area contributed by atoms with Crippen molar-refractivity contribution in [2.75, 3.05) is 7.11 Å². The molecule has 1 aromatic carbocycles. The second-order valence-corrected chi connectivity index (χ2v) is 5.77. The van der Waals surface area contributed by atoms with Crippen molar-refractivity contribution in [2.24, 2.45) is 11.8 Å². The lowest BCUT2D eigenvalue weighted by Gasteiger charge is -2.30. The molecular weight excluding hydrogens is 278 g/mol. The normalized spacial score (nSPS) is 23.9. The van der Waals surface area contributed by atoms with E-state index < -0.39 is 12.7 Å². The van der Waals surface area contributed by atoms with E-state index >= 15 is 0 Å². The number of hydrogen-bond acceptors (Lipinski definition) is 3. The Morgan fingerprint density at radius 2 is 2.00 bits per heavy atom. The van der Waals surface area contributed by atoms with Crippen molar-refractivity contribution in [1.29, 1.82) is 0 Å². The first-order valence-corrected chi connectivity index (χ1v) is 7.32. The molecule has 1 saturated carbocycles. The third kappa shape index (κ3) is 4.06. The predicted octanol–water partition coefficient (Wildman–Crippen LogP) is 4.16. The monoisotopic (exact) mass is 300 g/mol. The fourth-order valence-electron chi connectivity index (χ4n) is 3.11. The van der Waals surface area contributed by atoms with Gasteiger partial charge in [0.1, 0.15) is 0 Å². The number of methoxy groups -OCH3 is 1. The second kappa shape index (κ2) is 7.07. The molecule has 1 fully saturated rings. The average molecular weight is 300 g/mol. The van der Waals surface area contributed by atoms with E-state index in [1.54, 1.807) is 12.1 Å². The highest BCUT2D eigenvalue weighted by Gasteiger charge is 2.27. The van der Waals surface area contributed by atoms with Gasteiger partial charge in [-0.15, -0.1) is 0 Å². The van der Waals surface area contributed by atoms with E-state index in [9.17, 15) is 13.9 Å². The summed E-state index contributed by atoms with van der Waals surface area (Å²) in [7, 11) is 1.40. The molecule has 21 heavy (non-hydrogen) atoms. The van der Waals surface area contributed by atoms with E-state index in [1.807, 2.05) is 0 Å². The summed E-state index contributed by atoms with van der Waals surface area (Å²) in [6.07, 6.45) is 3.55. The average Bonchev–Trinajstić information content (AvgIpc) is 2.46. The van der Waals surface area contributed by atoms with Crippen molar-refractivity contribution in [3.05, 3.63) is 23.8 Å². The first-order valence-electron chi connectivity index (χ1n) is 7.32. The summed E-state index contributed by atoms with van der Waals surface area (Å²) in [4.78, 5) is 0. The van der Waals surface area contributed by atoms with Crippen molar-refractivity contribution in [1.82, 2.24) is 0 Å². The Balaban J connectivity index is 2.18. The van der Waals surface area contributed by atoms with Crippen LogP contribution in [0, 0.1) is 11.8 Å². The van der Waals surface area contributed by atoms with Gasteiger partial charge in [0.25, 0.3) is 0 Å². The van der Waals surface area contributed by atoms with Crippen LogP contribution in [0.1, 0.15) is 44.3 Å². The molecule has 1 aliphatic rings. The minimum absolute atomic E-state index is 0.0343. The Morgan fingerprint density at radius 1 is 1.24 bits per heavy atom. The van der Waals surface area contributed by atoms with Gasteiger partial charge >= 0.3 is 6.61 Å². The number of halogens is 2. The highest BCUT2D eigenvalue weighted by Crippen LogP contribution is 2.39. The summed E-state index contributed by atoms with van der Waals surface area (Å²) in [5.41, 5.74) is 0.602. The van der Waals surface area contributed by atoms with E-state index in [0.717, 1.165) is 19.3 Å². The molecule has 1 aliphatic carbocycles. The summed E-state index contributed by atoms with van der Waals surface area (Å²) >= 11 is 0. The van der Waals surface area contributed by atoms with Gasteiger partial charge in [-0.1, -0.05) is 25.8 Å². The number of alkyl halides is 2. The zero-order valence-electron chi connectivity index (χ0n) is 12.4. The van der Waals surface area contributed by atoms with Crippen molar-refractivity contribution >= 4 is 0 Å². The maximum absolute atomic E-state index is 12.4. The number of ether oxygens (including phenoxy) is 2. The van der Waals surface area contributed by atoms with Crippen molar-refractivity contribution in [3.63, 3.8) is 0 Å². The molecule has 0 aromatic heterocycles. The number of rotatable bonds is 5. The van der Waals surface area contributed by atoms with E-state index in [1.165, 1.54) is 19.6 Å². The van der Waals surface area contributed by atoms with E-state index in [4.69, 9.17) is 4.74 Å². The summed E-state index contributed by atoms with van der Waals surface area (Å²) in [5.74, 6) is 0.964. The maximum atomic E-state index is 12.4. The van der Waals surface area contributed by atoms with Gasteiger partial charge < -0.3 is 14.6 Å². The molecule has 3 nitrogen and oxygen atoms in total. The van der Waals surface area contributed by atoms with Crippen LogP contribution >= 0.6 is 0 Å². The molecule has 0 spiro atoms. The number of benzene rings is 1. The Kier molecular flexibility index (Phi) is 5.39. The minimum atomic E-state index is -2.92. The summed E-state index contributed by atoms with van der Waals surface area (Å²) < 4.78 is 34.3. The van der Waals surface area contributed by atoms with Gasteiger partial charge in [0.15, 0.2) is 11.5 Å². The molecule has 1 N–H and O–H groups in total. The largest absolute Gasteiger partial charge is 0.493 e. The Bertz CT molecular complexity index is 465. The number of hydrogen-bond donors (Lipinski definition) is 1. The van der Waals surface area contributed by atoms with Gasteiger partial charge in [-0.25, -0.2) is 0 Å². The van der Waals surface area contributed by atoms with Crippen LogP contribution in [0.4, 0.5) is 8.78 Å². The van der Waals surface area contributed by atoms with Gasteiger partial charge in [-0.05, 0) is 42.4 Å². The van der Waals surface area contributed by atoms with Gasteiger partial charge in [0.05, 0.1) is 13.2 Å². The van der Waals surface area contributed by atoms with Crippen molar-refractivity contribution < 1.29 is 23.4 Å². The summed E-state index contributed by atoms with van der Waals surface area (Å²) in [6.45, 7) is -0.737. The fraction of sp³-hybridized carbons (Fsp3) is 0.625. The third-order valence-electron chi connectivity index (χ3n) is 4.17. The predicted molar refractivity (Wildman–Crippen MR) is 75.7 cm³/mol. The van der Waals surface area contributed by atoms with Crippen LogP contribution in [0.2, 0.25) is 0 Å². The van der Waals surface area contributed by atoms with E-state index in [2.05, 4.69) is 11.7 Å². The minimum Gasteiger partial charge on any atom is -0.493 e. The van der Waals surface area contributed by atoms with Gasteiger partial charge in [0.2, 0.25) is 0 Å². The third-order valence-corrected chi connectivity index (χ3v) is 4.17. The van der Waals surface area contributed by atoms with Crippen LogP contribution in [-0.4, -0.2) is 18.8 Å². The zero-order chi connectivity index (χ0) is 15.4. The van der Waals surface area contributed by atoms with Crippen LogP contribution in [-0.2, 0) is 0 Å². The molecule has 2 rings (SSSR count). The second-order valence-electron chi connectivity index (χ2n) is 5.77. The lowest BCUT2D eigenvalue weighted by molar-refractivity contribution is -0.0514. The molecule has 1 aromatic rings. The molecule has 0 aliphatic heterocycles. The highest BCUT2D eigenvalue weighted by atomic mass is 19.3. The highest BCUT2D eigenvalue weighted by molar-refractivity contribution is 5.43. The van der Waals surface area contributed by atoms with Gasteiger partial charge in [0, 0.05) is 0 Å². The lowest BCUT2D eigenvalue weighted by Crippen LogP contribution is -2.20. The Morgan fingerprint density at radius 3 is 2.62 bits per heavy atom. The molecule has 3 unspecified atom stereocenters. The van der Waals surface area contributed by atoms with E-state index in [0.29, 0.717) is 11.5 Å². The molecule has 118 valence electrons. The first kappa shape index (κ1) is 16.0. The number of aliphatic hydroxyl groups is 1. The smallest absolute Gasteiger partial charge is 0.387 e. The van der Waals surface area contributed by atoms with Crippen molar-refractivity contribution in [3.8, 4) is 11.5 Å². The fourth-order valence-corrected chi connectivity index (χ4v) is 3.11. The maximum Gasteiger partial charge on any atom is 0.387 e. The quantitative estimate of drug-likeness (QED) is 0.887. The lowest BCUT2D eigenvalue weighted by atomic mass is 9.78. The molecule has 0 heterocycles. The Hall–Kier alpha value is -1.36.